The smallest absolute Gasteiger partial charge is 0.331 e. The van der Waals surface area contributed by atoms with E-state index in [2.05, 4.69) is 35.0 Å². The fourth-order valence-electron chi connectivity index (χ4n) is 9.92. The largest absolute Gasteiger partial charge is 0.508 e. The van der Waals surface area contributed by atoms with Crippen LogP contribution in [-0.2, 0) is 27.9 Å². The molecular weight excluding hydrogens is 658 g/mol. The number of fused-ring (bicyclic) bond motifs is 9. The monoisotopic (exact) mass is 701 g/mol. The fraction of sp³-hybridized carbons (Fsp3) is 0.500. The Kier molecular flexibility index (Phi) is 7.20. The van der Waals surface area contributed by atoms with Gasteiger partial charge in [-0.15, -0.1) is 11.8 Å². The Labute approximate surface area is 295 Å². The Balaban J connectivity index is 1.30. The third kappa shape index (κ3) is 4.11. The summed E-state index contributed by atoms with van der Waals surface area (Å²) in [4.78, 5) is 18.9. The zero-order valence-corrected chi connectivity index (χ0v) is 29.9. The Morgan fingerprint density at radius 1 is 0.980 bits per heavy atom. The normalized spacial score (nSPS) is 31.1. The zero-order chi connectivity index (χ0) is 35.0. The number of nitrogens with zero attached hydrogens (tertiary/aromatic N) is 2. The van der Waals surface area contributed by atoms with Crippen molar-refractivity contribution < 1.29 is 39.1 Å². The Morgan fingerprint density at radius 3 is 2.54 bits per heavy atom. The minimum Gasteiger partial charge on any atom is -0.508 e. The molecular formula is C38H43N3O8S. The lowest BCUT2D eigenvalue weighted by Crippen LogP contribution is -2.70. The van der Waals surface area contributed by atoms with Crippen molar-refractivity contribution in [2.45, 2.75) is 81.7 Å². The van der Waals surface area contributed by atoms with Crippen LogP contribution in [0.1, 0.15) is 73.0 Å². The van der Waals surface area contributed by atoms with Crippen LogP contribution in [0.3, 0.4) is 0 Å². The first-order chi connectivity index (χ1) is 24.0. The summed E-state index contributed by atoms with van der Waals surface area (Å²) in [5.74, 6) is 2.09. The van der Waals surface area contributed by atoms with Gasteiger partial charge in [-0.3, -0.25) is 15.1 Å². The number of thioether (sulfide) groups is 1. The molecule has 0 radical (unpaired) electrons. The van der Waals surface area contributed by atoms with E-state index in [-0.39, 0.29) is 54.2 Å². The number of carbonyl (C=O) groups is 1. The van der Waals surface area contributed by atoms with Gasteiger partial charge in [0.15, 0.2) is 28.5 Å². The van der Waals surface area contributed by atoms with Gasteiger partial charge in [0.05, 0.1) is 25.2 Å². The maximum atomic E-state index is 14.6. The maximum Gasteiger partial charge on any atom is 0.331 e. The summed E-state index contributed by atoms with van der Waals surface area (Å²) < 4.78 is 24.4. The number of carbonyl (C=O) groups excluding carboxylic acids is 1. The van der Waals surface area contributed by atoms with Crippen molar-refractivity contribution >= 4 is 17.7 Å². The summed E-state index contributed by atoms with van der Waals surface area (Å²) >= 11 is 1.66. The lowest BCUT2D eigenvalue weighted by atomic mass is 9.72. The second kappa shape index (κ2) is 11.2. The van der Waals surface area contributed by atoms with Crippen LogP contribution in [-0.4, -0.2) is 89.3 Å². The van der Waals surface area contributed by atoms with E-state index in [9.17, 15) is 20.1 Å². The first kappa shape index (κ1) is 32.2. The molecule has 0 unspecified atom stereocenters. The highest BCUT2D eigenvalue weighted by molar-refractivity contribution is 7.99. The van der Waals surface area contributed by atoms with E-state index < -0.39 is 17.8 Å². The summed E-state index contributed by atoms with van der Waals surface area (Å²) in [7, 11) is 3.62. The summed E-state index contributed by atoms with van der Waals surface area (Å²) in [5, 5.41) is 38.4. The van der Waals surface area contributed by atoms with Crippen molar-refractivity contribution in [2.24, 2.45) is 0 Å². The van der Waals surface area contributed by atoms with Gasteiger partial charge in [0.25, 0.3) is 0 Å². The number of ether oxygens (including phenoxy) is 4. The van der Waals surface area contributed by atoms with Crippen LogP contribution < -0.4 is 19.5 Å². The molecule has 7 aliphatic rings. The molecule has 4 N–H and O–H groups in total. The number of benzene rings is 3. The molecule has 3 aromatic rings. The van der Waals surface area contributed by atoms with Gasteiger partial charge in [0, 0.05) is 34.7 Å². The molecule has 2 saturated heterocycles. The van der Waals surface area contributed by atoms with Gasteiger partial charge in [0.1, 0.15) is 18.6 Å². The van der Waals surface area contributed by atoms with E-state index in [0.29, 0.717) is 48.0 Å². The van der Waals surface area contributed by atoms with E-state index in [1.165, 1.54) is 0 Å². The number of methoxy groups -OCH3 is 1. The van der Waals surface area contributed by atoms with Gasteiger partial charge in [-0.2, -0.15) is 0 Å². The highest BCUT2D eigenvalue weighted by Gasteiger charge is 2.61. The molecule has 7 atom stereocenters. The molecule has 4 bridgehead atoms. The number of rotatable bonds is 1. The molecule has 12 heteroatoms. The van der Waals surface area contributed by atoms with E-state index in [1.54, 1.807) is 24.9 Å². The summed E-state index contributed by atoms with van der Waals surface area (Å²) in [5.41, 5.74) is 8.01. The third-order valence-corrected chi connectivity index (χ3v) is 13.9. The SMILES string of the molecule is COc1c(C)cc2c(c1O)[C@@H]1[C@@H]3[C@@H]4SC[C@]5(NCCc6cc(O)c(C)cc65)C(=O)OC[C@H](c5c6c(c(C)c(C)c54)OCO6)N3[C@@H](O)[C@H](C2)N1C. The average Bonchev–Trinajstić information content (AvgIpc) is 3.58. The molecule has 3 aromatic carbocycles. The topological polar surface area (TPSA) is 133 Å². The van der Waals surface area contributed by atoms with Crippen LogP contribution in [0, 0.1) is 27.7 Å². The number of nitrogens with one attached hydrogen (secondary N) is 1. The van der Waals surface area contributed by atoms with Gasteiger partial charge in [-0.05, 0) is 104 Å². The Hall–Kier alpha value is -3.68. The van der Waals surface area contributed by atoms with E-state index in [4.69, 9.17) is 18.9 Å². The second-order valence-electron chi connectivity index (χ2n) is 14.7. The quantitative estimate of drug-likeness (QED) is 0.273. The highest BCUT2D eigenvalue weighted by Crippen LogP contribution is 2.63. The molecule has 1 spiro atoms. The molecule has 264 valence electrons. The number of piperazine rings is 1. The number of phenolic OH excluding ortho intramolecular Hbond substituents is 2. The highest BCUT2D eigenvalue weighted by atomic mass is 32.2. The number of aryl methyl sites for hydroxylation is 2. The maximum absolute atomic E-state index is 14.6. The van der Waals surface area contributed by atoms with Crippen molar-refractivity contribution in [3.05, 3.63) is 73.8 Å². The van der Waals surface area contributed by atoms with Crippen LogP contribution in [0.2, 0.25) is 0 Å². The van der Waals surface area contributed by atoms with Gasteiger partial charge < -0.3 is 34.3 Å². The minimum absolute atomic E-state index is 0.0237. The number of esters is 1. The minimum atomic E-state index is -1.16. The summed E-state index contributed by atoms with van der Waals surface area (Å²) in [6, 6.07) is 4.28. The lowest BCUT2D eigenvalue weighted by molar-refractivity contribution is -0.186. The van der Waals surface area contributed by atoms with Gasteiger partial charge in [-0.1, -0.05) is 6.07 Å². The molecule has 7 aliphatic heterocycles. The fourth-order valence-corrected chi connectivity index (χ4v) is 11.7. The van der Waals surface area contributed by atoms with Crippen LogP contribution >= 0.6 is 11.8 Å². The number of likely N-dealkylation sites (N-methyl/N-ethyl adjacent to an activating group) is 1. The lowest BCUT2D eigenvalue weighted by Gasteiger charge is -2.62. The first-order valence-corrected chi connectivity index (χ1v) is 18.4. The molecule has 2 fully saturated rings. The van der Waals surface area contributed by atoms with E-state index in [0.717, 1.165) is 50.1 Å². The predicted molar refractivity (Wildman–Crippen MR) is 186 cm³/mol. The number of aliphatic hydroxyl groups excluding tert-OH is 1. The second-order valence-corrected chi connectivity index (χ2v) is 15.9. The number of hydrogen-bond donors (Lipinski definition) is 4. The van der Waals surface area contributed by atoms with Crippen LogP contribution in [0.15, 0.2) is 18.2 Å². The summed E-state index contributed by atoms with van der Waals surface area (Å²) in [6.07, 6.45) is 0.294. The number of hydrogen-bond acceptors (Lipinski definition) is 12. The molecule has 0 aliphatic carbocycles. The van der Waals surface area contributed by atoms with Crippen molar-refractivity contribution in [1.29, 1.82) is 0 Å². The third-order valence-electron chi connectivity index (χ3n) is 12.4. The van der Waals surface area contributed by atoms with Gasteiger partial charge in [0.2, 0.25) is 6.79 Å². The number of phenols is 2. The van der Waals surface area contributed by atoms with Crippen LogP contribution in [0.25, 0.3) is 0 Å². The van der Waals surface area contributed by atoms with Crippen molar-refractivity contribution in [1.82, 2.24) is 15.1 Å². The molecule has 10 rings (SSSR count). The predicted octanol–water partition coefficient (Wildman–Crippen LogP) is 4.10. The molecule has 0 amide bonds. The number of aromatic hydroxyl groups is 2. The Bertz CT molecular complexity index is 1990. The standard InChI is InChI=1S/C38H43N3O8S/c1-16-10-22-20(12-25(16)42)7-8-39-38(22)14-50-35-26-18(3)19(4)33-34(49-15-48-33)28(26)24(13-47-37(38)45)41-30(35)29-27-21(11-23(36(41)44)40(29)5)9-17(2)32(46-6)31(27)43/h9-10,12,23-24,29-30,35-36,39,42-44H,7-8,11,13-15H2,1-6H3/t23-,24+,29+,30+,35+,36-,38+/m0/s1. The molecule has 11 nitrogen and oxygen atoms in total. The van der Waals surface area contributed by atoms with Crippen molar-refractivity contribution in [3.63, 3.8) is 0 Å². The number of aliphatic hydroxyl groups is 1. The molecule has 7 heterocycles. The van der Waals surface area contributed by atoms with Gasteiger partial charge in [-0.25, -0.2) is 4.79 Å². The molecule has 0 saturated carbocycles. The van der Waals surface area contributed by atoms with Crippen LogP contribution in [0.5, 0.6) is 28.7 Å². The zero-order valence-electron chi connectivity index (χ0n) is 29.1. The molecule has 0 aromatic heterocycles. The average molecular weight is 702 g/mol. The molecule has 50 heavy (non-hydrogen) atoms. The van der Waals surface area contributed by atoms with Crippen LogP contribution in [0.4, 0.5) is 0 Å². The summed E-state index contributed by atoms with van der Waals surface area (Å²) in [6.45, 7) is 8.58. The van der Waals surface area contributed by atoms with E-state index >= 15 is 0 Å². The first-order valence-electron chi connectivity index (χ1n) is 17.3. The van der Waals surface area contributed by atoms with Gasteiger partial charge >= 0.3 is 5.97 Å². The van der Waals surface area contributed by atoms with E-state index in [1.807, 2.05) is 27.0 Å². The van der Waals surface area contributed by atoms with Crippen molar-refractivity contribution in [3.8, 4) is 28.7 Å². The Morgan fingerprint density at radius 2 is 1.76 bits per heavy atom. The van der Waals surface area contributed by atoms with Crippen molar-refractivity contribution in [2.75, 3.05) is 39.9 Å².